The molecule has 124 valence electrons. The van der Waals surface area contributed by atoms with Gasteiger partial charge in [0, 0.05) is 38.8 Å². The molecule has 0 unspecified atom stereocenters. The summed E-state index contributed by atoms with van der Waals surface area (Å²) < 4.78 is 52.1. The molecule has 0 atom stereocenters. The summed E-state index contributed by atoms with van der Waals surface area (Å²) in [6.07, 6.45) is 0. The molecule has 0 radical (unpaired) electrons. The first-order valence-electron chi connectivity index (χ1n) is 6.97. The van der Waals surface area contributed by atoms with Gasteiger partial charge >= 0.3 is 0 Å². The molecule has 0 aliphatic rings. The van der Waals surface area contributed by atoms with Crippen molar-refractivity contribution >= 4 is 10.0 Å². The largest absolute Gasteiger partial charge is 0.308 e. The van der Waals surface area contributed by atoms with Crippen LogP contribution < -0.4 is 5.32 Å². The van der Waals surface area contributed by atoms with Crippen molar-refractivity contribution in [3.63, 3.8) is 0 Å². The van der Waals surface area contributed by atoms with Crippen LogP contribution in [0.2, 0.25) is 0 Å². The first-order chi connectivity index (χ1) is 10.8. The molecular formula is C16H18F2N2O2S. The van der Waals surface area contributed by atoms with Gasteiger partial charge in [0.2, 0.25) is 10.0 Å². The number of rotatable bonds is 6. The van der Waals surface area contributed by atoms with Crippen LogP contribution >= 0.6 is 0 Å². The van der Waals surface area contributed by atoms with E-state index in [1.807, 2.05) is 0 Å². The first-order valence-corrected chi connectivity index (χ1v) is 8.41. The van der Waals surface area contributed by atoms with Crippen molar-refractivity contribution in [2.75, 3.05) is 14.1 Å². The Kier molecular flexibility index (Phi) is 5.46. The van der Waals surface area contributed by atoms with Crippen molar-refractivity contribution in [2.45, 2.75) is 18.0 Å². The van der Waals surface area contributed by atoms with Crippen molar-refractivity contribution in [2.24, 2.45) is 0 Å². The van der Waals surface area contributed by atoms with E-state index in [-0.39, 0.29) is 18.0 Å². The highest BCUT2D eigenvalue weighted by Gasteiger charge is 2.20. The number of sulfonamides is 1. The second kappa shape index (κ2) is 7.16. The van der Waals surface area contributed by atoms with E-state index < -0.39 is 21.7 Å². The molecule has 2 rings (SSSR count). The van der Waals surface area contributed by atoms with Crippen LogP contribution in [0.3, 0.4) is 0 Å². The fourth-order valence-corrected chi connectivity index (χ4v) is 3.21. The maximum atomic E-state index is 13.6. The highest BCUT2D eigenvalue weighted by Crippen LogP contribution is 2.18. The van der Waals surface area contributed by atoms with Crippen LogP contribution in [-0.2, 0) is 23.1 Å². The highest BCUT2D eigenvalue weighted by atomic mass is 32.2. The molecule has 2 aromatic rings. The lowest BCUT2D eigenvalue weighted by molar-refractivity contribution is 0.518. The van der Waals surface area contributed by atoms with Gasteiger partial charge in [0.25, 0.3) is 0 Å². The highest BCUT2D eigenvalue weighted by molar-refractivity contribution is 7.89. The molecule has 0 bridgehead atoms. The number of benzene rings is 2. The average molecular weight is 340 g/mol. The Bertz CT molecular complexity index is 792. The Morgan fingerprint density at radius 3 is 2.30 bits per heavy atom. The second-order valence-corrected chi connectivity index (χ2v) is 7.35. The Labute approximate surface area is 134 Å². The third-order valence-corrected chi connectivity index (χ3v) is 5.29. The minimum atomic E-state index is -3.55. The standard InChI is InChI=1S/C16H18F2N2O2S/c1-20(2)23(21,22)16-6-4-3-5-13(16)11-19-10-12-7-8-14(17)9-15(12)18/h3-9,19H,10-11H2,1-2H3. The molecule has 4 nitrogen and oxygen atoms in total. The smallest absolute Gasteiger partial charge is 0.242 e. The average Bonchev–Trinajstić information content (AvgIpc) is 2.49. The van der Waals surface area contributed by atoms with Gasteiger partial charge in [0.15, 0.2) is 0 Å². The number of halogens is 2. The zero-order valence-corrected chi connectivity index (χ0v) is 13.7. The molecule has 0 aromatic heterocycles. The molecule has 0 spiro atoms. The van der Waals surface area contributed by atoms with E-state index in [9.17, 15) is 17.2 Å². The van der Waals surface area contributed by atoms with Crippen LogP contribution in [0.1, 0.15) is 11.1 Å². The molecule has 0 saturated heterocycles. The molecule has 0 amide bonds. The van der Waals surface area contributed by atoms with Crippen LogP contribution in [0.4, 0.5) is 8.78 Å². The van der Waals surface area contributed by atoms with E-state index in [0.717, 1.165) is 10.4 Å². The summed E-state index contributed by atoms with van der Waals surface area (Å²) in [6.45, 7) is 0.419. The van der Waals surface area contributed by atoms with Crippen molar-refractivity contribution in [3.8, 4) is 0 Å². The van der Waals surface area contributed by atoms with Crippen molar-refractivity contribution in [1.82, 2.24) is 9.62 Å². The predicted octanol–water partition coefficient (Wildman–Crippen LogP) is 2.50. The van der Waals surface area contributed by atoms with Gasteiger partial charge in [-0.25, -0.2) is 21.5 Å². The molecule has 2 aromatic carbocycles. The van der Waals surface area contributed by atoms with Crippen LogP contribution in [0, 0.1) is 11.6 Å². The van der Waals surface area contributed by atoms with Crippen molar-refractivity contribution < 1.29 is 17.2 Å². The minimum absolute atomic E-state index is 0.169. The molecular weight excluding hydrogens is 322 g/mol. The maximum absolute atomic E-state index is 13.6. The van der Waals surface area contributed by atoms with E-state index >= 15 is 0 Å². The molecule has 0 aliphatic heterocycles. The molecule has 7 heteroatoms. The summed E-state index contributed by atoms with van der Waals surface area (Å²) in [6, 6.07) is 9.99. The zero-order chi connectivity index (χ0) is 17.0. The molecule has 0 fully saturated rings. The topological polar surface area (TPSA) is 49.4 Å². The lowest BCUT2D eigenvalue weighted by Crippen LogP contribution is -2.24. The van der Waals surface area contributed by atoms with Gasteiger partial charge in [-0.2, -0.15) is 0 Å². The van der Waals surface area contributed by atoms with Crippen LogP contribution in [0.15, 0.2) is 47.4 Å². The fraction of sp³-hybridized carbons (Fsp3) is 0.250. The van der Waals surface area contributed by atoms with E-state index in [0.29, 0.717) is 11.1 Å². The summed E-state index contributed by atoms with van der Waals surface area (Å²) in [5.41, 5.74) is 0.906. The number of nitrogens with zero attached hydrogens (tertiary/aromatic N) is 1. The van der Waals surface area contributed by atoms with E-state index in [1.54, 1.807) is 18.2 Å². The molecule has 0 saturated carbocycles. The fourth-order valence-electron chi connectivity index (χ4n) is 2.10. The lowest BCUT2D eigenvalue weighted by atomic mass is 10.2. The van der Waals surface area contributed by atoms with Gasteiger partial charge in [-0.15, -0.1) is 0 Å². The number of hydrogen-bond donors (Lipinski definition) is 1. The van der Waals surface area contributed by atoms with Crippen LogP contribution in [-0.4, -0.2) is 26.8 Å². The zero-order valence-electron chi connectivity index (χ0n) is 12.9. The predicted molar refractivity (Wildman–Crippen MR) is 84.2 cm³/mol. The Balaban J connectivity index is 2.13. The lowest BCUT2D eigenvalue weighted by Gasteiger charge is -2.15. The first kappa shape index (κ1) is 17.5. The van der Waals surface area contributed by atoms with Gasteiger partial charge in [-0.1, -0.05) is 24.3 Å². The molecule has 0 heterocycles. The van der Waals surface area contributed by atoms with Gasteiger partial charge in [0.1, 0.15) is 11.6 Å². The molecule has 0 aliphatic carbocycles. The van der Waals surface area contributed by atoms with Gasteiger partial charge < -0.3 is 5.32 Å². The SMILES string of the molecule is CN(C)S(=O)(=O)c1ccccc1CNCc1ccc(F)cc1F. The molecule has 23 heavy (non-hydrogen) atoms. The minimum Gasteiger partial charge on any atom is -0.308 e. The van der Waals surface area contributed by atoms with Gasteiger partial charge in [-0.3, -0.25) is 0 Å². The molecule has 1 N–H and O–H groups in total. The van der Waals surface area contributed by atoms with Crippen molar-refractivity contribution in [1.29, 1.82) is 0 Å². The monoisotopic (exact) mass is 340 g/mol. The summed E-state index contributed by atoms with van der Waals surface area (Å²) in [7, 11) is -0.615. The second-order valence-electron chi connectivity index (χ2n) is 5.23. The van der Waals surface area contributed by atoms with E-state index in [4.69, 9.17) is 0 Å². The van der Waals surface area contributed by atoms with E-state index in [1.165, 1.54) is 32.3 Å². The van der Waals surface area contributed by atoms with Crippen LogP contribution in [0.25, 0.3) is 0 Å². The van der Waals surface area contributed by atoms with Crippen LogP contribution in [0.5, 0.6) is 0 Å². The Morgan fingerprint density at radius 1 is 1.00 bits per heavy atom. The third kappa shape index (κ3) is 4.13. The Hall–Kier alpha value is -1.83. The van der Waals surface area contributed by atoms with Gasteiger partial charge in [0.05, 0.1) is 4.90 Å². The summed E-state index contributed by atoms with van der Waals surface area (Å²) in [5.74, 6) is -1.26. The summed E-state index contributed by atoms with van der Waals surface area (Å²) >= 11 is 0. The Morgan fingerprint density at radius 2 is 1.65 bits per heavy atom. The third-order valence-electron chi connectivity index (χ3n) is 3.38. The quantitative estimate of drug-likeness (QED) is 0.879. The summed E-state index contributed by atoms with van der Waals surface area (Å²) in [4.78, 5) is 0.206. The number of hydrogen-bond acceptors (Lipinski definition) is 3. The summed E-state index contributed by atoms with van der Waals surface area (Å²) in [5, 5.41) is 2.98. The van der Waals surface area contributed by atoms with E-state index in [2.05, 4.69) is 5.32 Å². The van der Waals surface area contributed by atoms with Gasteiger partial charge in [-0.05, 0) is 17.7 Å². The van der Waals surface area contributed by atoms with Crippen molar-refractivity contribution in [3.05, 3.63) is 65.2 Å². The number of nitrogens with one attached hydrogen (secondary N) is 1. The normalized spacial score (nSPS) is 11.9. The maximum Gasteiger partial charge on any atom is 0.242 e.